The van der Waals surface area contributed by atoms with Crippen molar-refractivity contribution >= 4 is 21.6 Å². The molecule has 0 aliphatic rings. The van der Waals surface area contributed by atoms with Crippen molar-refractivity contribution in [2.45, 2.75) is 17.9 Å². The van der Waals surface area contributed by atoms with E-state index < -0.39 is 16.1 Å². The first-order valence-electron chi connectivity index (χ1n) is 5.92. The Morgan fingerprint density at radius 1 is 1.10 bits per heavy atom. The van der Waals surface area contributed by atoms with Gasteiger partial charge < -0.3 is 0 Å². The van der Waals surface area contributed by atoms with Crippen molar-refractivity contribution in [1.29, 1.82) is 0 Å². The zero-order valence-electron chi connectivity index (χ0n) is 10.7. The SMILES string of the molecule is C[C@H](NS(=O)(=O)c1ccccc1Cl)c1ccc(F)cc1. The Balaban J connectivity index is 2.24. The highest BCUT2D eigenvalue weighted by molar-refractivity contribution is 7.89. The first kappa shape index (κ1) is 15.0. The maximum Gasteiger partial charge on any atom is 0.242 e. The molecule has 0 aliphatic carbocycles. The average molecular weight is 314 g/mol. The van der Waals surface area contributed by atoms with Crippen LogP contribution < -0.4 is 4.72 Å². The van der Waals surface area contributed by atoms with Crippen molar-refractivity contribution in [3.05, 3.63) is 64.9 Å². The molecule has 0 spiro atoms. The van der Waals surface area contributed by atoms with Crippen molar-refractivity contribution in [1.82, 2.24) is 4.72 Å². The fraction of sp³-hybridized carbons (Fsp3) is 0.143. The highest BCUT2D eigenvalue weighted by Gasteiger charge is 2.20. The normalized spacial score (nSPS) is 13.2. The van der Waals surface area contributed by atoms with E-state index in [1.165, 1.54) is 36.4 Å². The summed E-state index contributed by atoms with van der Waals surface area (Å²) in [5.41, 5.74) is 0.669. The van der Waals surface area contributed by atoms with Gasteiger partial charge >= 0.3 is 0 Å². The Labute approximate surface area is 122 Å². The predicted molar refractivity (Wildman–Crippen MR) is 76.6 cm³/mol. The molecule has 0 saturated heterocycles. The lowest BCUT2D eigenvalue weighted by atomic mass is 10.1. The van der Waals surface area contributed by atoms with E-state index in [0.29, 0.717) is 5.56 Å². The second-order valence-corrected chi connectivity index (χ2v) is 6.41. The number of nitrogens with one attached hydrogen (secondary N) is 1. The van der Waals surface area contributed by atoms with Crippen LogP contribution >= 0.6 is 11.6 Å². The minimum absolute atomic E-state index is 0.0237. The van der Waals surface area contributed by atoms with Gasteiger partial charge in [-0.1, -0.05) is 35.9 Å². The summed E-state index contributed by atoms with van der Waals surface area (Å²) in [7, 11) is -3.72. The summed E-state index contributed by atoms with van der Waals surface area (Å²) in [6.45, 7) is 1.68. The van der Waals surface area contributed by atoms with E-state index >= 15 is 0 Å². The molecular formula is C14H13ClFNO2S. The van der Waals surface area contributed by atoms with Crippen molar-refractivity contribution < 1.29 is 12.8 Å². The molecule has 2 rings (SSSR count). The number of sulfonamides is 1. The molecule has 2 aromatic rings. The predicted octanol–water partition coefficient (Wildman–Crippen LogP) is 3.52. The van der Waals surface area contributed by atoms with Crippen LogP contribution in [0, 0.1) is 5.82 Å². The highest BCUT2D eigenvalue weighted by Crippen LogP contribution is 2.23. The zero-order chi connectivity index (χ0) is 14.8. The van der Waals surface area contributed by atoms with Crippen LogP contribution in [0.4, 0.5) is 4.39 Å². The quantitative estimate of drug-likeness (QED) is 0.938. The van der Waals surface area contributed by atoms with Crippen molar-refractivity contribution in [2.24, 2.45) is 0 Å². The van der Waals surface area contributed by atoms with Gasteiger partial charge in [0.05, 0.1) is 5.02 Å². The lowest BCUT2D eigenvalue weighted by molar-refractivity contribution is 0.566. The maximum atomic E-state index is 12.8. The summed E-state index contributed by atoms with van der Waals surface area (Å²) >= 11 is 5.89. The van der Waals surface area contributed by atoms with E-state index in [2.05, 4.69) is 4.72 Å². The molecule has 2 aromatic carbocycles. The van der Waals surface area contributed by atoms with E-state index in [4.69, 9.17) is 11.6 Å². The molecule has 106 valence electrons. The molecule has 0 aromatic heterocycles. The third-order valence-electron chi connectivity index (χ3n) is 2.83. The Morgan fingerprint density at radius 3 is 2.30 bits per heavy atom. The van der Waals surface area contributed by atoms with Crippen LogP contribution in [0.2, 0.25) is 5.02 Å². The van der Waals surface area contributed by atoms with E-state index in [1.54, 1.807) is 19.1 Å². The molecule has 0 saturated carbocycles. The molecule has 0 aliphatic heterocycles. The van der Waals surface area contributed by atoms with E-state index in [9.17, 15) is 12.8 Å². The largest absolute Gasteiger partial charge is 0.242 e. The second kappa shape index (κ2) is 5.91. The van der Waals surface area contributed by atoms with Gasteiger partial charge in [-0.3, -0.25) is 0 Å². The van der Waals surface area contributed by atoms with Crippen LogP contribution in [0.15, 0.2) is 53.4 Å². The van der Waals surface area contributed by atoms with Gasteiger partial charge in [-0.05, 0) is 36.8 Å². The Hall–Kier alpha value is -1.43. The van der Waals surface area contributed by atoms with Gasteiger partial charge in [-0.25, -0.2) is 17.5 Å². The van der Waals surface area contributed by atoms with Crippen LogP contribution in [-0.2, 0) is 10.0 Å². The highest BCUT2D eigenvalue weighted by atomic mass is 35.5. The van der Waals surface area contributed by atoms with Crippen LogP contribution in [0.25, 0.3) is 0 Å². The molecule has 1 N–H and O–H groups in total. The fourth-order valence-corrected chi connectivity index (χ4v) is 3.53. The maximum absolute atomic E-state index is 12.8. The molecule has 20 heavy (non-hydrogen) atoms. The number of rotatable bonds is 4. The van der Waals surface area contributed by atoms with E-state index in [-0.39, 0.29) is 15.7 Å². The molecule has 0 heterocycles. The lowest BCUT2D eigenvalue weighted by Crippen LogP contribution is -2.27. The van der Waals surface area contributed by atoms with Gasteiger partial charge in [-0.15, -0.1) is 0 Å². The third-order valence-corrected chi connectivity index (χ3v) is 4.87. The van der Waals surface area contributed by atoms with Gasteiger partial charge in [0.15, 0.2) is 0 Å². The monoisotopic (exact) mass is 313 g/mol. The first-order chi connectivity index (χ1) is 9.40. The Morgan fingerprint density at radius 2 is 1.70 bits per heavy atom. The number of halogens is 2. The van der Waals surface area contributed by atoms with Crippen LogP contribution in [0.5, 0.6) is 0 Å². The number of benzene rings is 2. The van der Waals surface area contributed by atoms with Crippen LogP contribution in [-0.4, -0.2) is 8.42 Å². The summed E-state index contributed by atoms with van der Waals surface area (Å²) in [6.07, 6.45) is 0. The van der Waals surface area contributed by atoms with Gasteiger partial charge in [0.1, 0.15) is 10.7 Å². The molecule has 0 amide bonds. The van der Waals surface area contributed by atoms with Crippen LogP contribution in [0.3, 0.4) is 0 Å². The average Bonchev–Trinajstić information content (AvgIpc) is 2.39. The molecule has 1 atom stereocenters. The zero-order valence-corrected chi connectivity index (χ0v) is 12.2. The Kier molecular flexibility index (Phi) is 4.42. The molecule has 0 fully saturated rings. The van der Waals surface area contributed by atoms with Crippen molar-refractivity contribution in [2.75, 3.05) is 0 Å². The fourth-order valence-electron chi connectivity index (χ4n) is 1.78. The third kappa shape index (κ3) is 3.36. The molecule has 0 radical (unpaired) electrons. The smallest absolute Gasteiger partial charge is 0.207 e. The molecule has 3 nitrogen and oxygen atoms in total. The number of hydrogen-bond donors (Lipinski definition) is 1. The Bertz CT molecular complexity index is 701. The molecule has 0 bridgehead atoms. The molecular weight excluding hydrogens is 301 g/mol. The minimum atomic E-state index is -3.72. The summed E-state index contributed by atoms with van der Waals surface area (Å²) in [4.78, 5) is 0.0237. The van der Waals surface area contributed by atoms with E-state index in [1.807, 2.05) is 0 Å². The van der Waals surface area contributed by atoms with Crippen molar-refractivity contribution in [3.63, 3.8) is 0 Å². The van der Waals surface area contributed by atoms with Crippen molar-refractivity contribution in [3.8, 4) is 0 Å². The van der Waals surface area contributed by atoms with Gasteiger partial charge in [0, 0.05) is 6.04 Å². The summed E-state index contributed by atoms with van der Waals surface area (Å²) in [5, 5.41) is 0.159. The second-order valence-electron chi connectivity index (χ2n) is 4.32. The standard InChI is InChI=1S/C14H13ClFNO2S/c1-10(11-6-8-12(16)9-7-11)17-20(18,19)14-5-3-2-4-13(14)15/h2-10,17H,1H3/t10-/m0/s1. The van der Waals surface area contributed by atoms with Gasteiger partial charge in [0.25, 0.3) is 0 Å². The molecule has 0 unspecified atom stereocenters. The minimum Gasteiger partial charge on any atom is -0.207 e. The summed E-state index contributed by atoms with van der Waals surface area (Å²) < 4.78 is 39.8. The lowest BCUT2D eigenvalue weighted by Gasteiger charge is -2.15. The first-order valence-corrected chi connectivity index (χ1v) is 7.78. The molecule has 6 heteroatoms. The van der Waals surface area contributed by atoms with Gasteiger partial charge in [-0.2, -0.15) is 0 Å². The summed E-state index contributed by atoms with van der Waals surface area (Å²) in [6, 6.07) is 11.4. The van der Waals surface area contributed by atoms with Gasteiger partial charge in [0.2, 0.25) is 10.0 Å². The topological polar surface area (TPSA) is 46.2 Å². The van der Waals surface area contributed by atoms with Crippen LogP contribution in [0.1, 0.15) is 18.5 Å². The summed E-state index contributed by atoms with van der Waals surface area (Å²) in [5.74, 6) is -0.366. The number of hydrogen-bond acceptors (Lipinski definition) is 2. The van der Waals surface area contributed by atoms with E-state index in [0.717, 1.165) is 0 Å².